The molecule has 5 heteroatoms. The minimum atomic E-state index is -1.05. The zero-order valence-corrected chi connectivity index (χ0v) is 11.1. The Kier molecular flexibility index (Phi) is 5.51. The number of hydrogen-bond donors (Lipinski definition) is 3. The molecule has 0 saturated carbocycles. The second kappa shape index (κ2) is 6.89. The van der Waals surface area contributed by atoms with Crippen LogP contribution in [-0.2, 0) is 16.0 Å². The first-order chi connectivity index (χ1) is 8.90. The van der Waals surface area contributed by atoms with Gasteiger partial charge in [-0.25, -0.2) is 0 Å². The molecule has 0 amide bonds. The number of carbonyl (C=O) groups is 2. The average Bonchev–Trinajstić information content (AvgIpc) is 2.35. The molecule has 5 nitrogen and oxygen atoms in total. The lowest BCUT2D eigenvalue weighted by molar-refractivity contribution is -0.142. The minimum absolute atomic E-state index is 0.357. The van der Waals surface area contributed by atoms with Crippen LogP contribution in [0, 0.1) is 6.92 Å². The van der Waals surface area contributed by atoms with Crippen LogP contribution in [0.15, 0.2) is 24.3 Å². The molecule has 1 rings (SSSR count). The largest absolute Gasteiger partial charge is 0.480 e. The van der Waals surface area contributed by atoms with Crippen molar-refractivity contribution in [2.24, 2.45) is 0 Å². The Labute approximate surface area is 112 Å². The third-order valence-corrected chi connectivity index (χ3v) is 2.96. The van der Waals surface area contributed by atoms with E-state index in [1.54, 1.807) is 0 Å². The van der Waals surface area contributed by atoms with Crippen LogP contribution in [0.3, 0.4) is 0 Å². The quantitative estimate of drug-likeness (QED) is 0.694. The van der Waals surface area contributed by atoms with Crippen LogP contribution in [0.5, 0.6) is 0 Å². The van der Waals surface area contributed by atoms with Crippen LogP contribution in [0.4, 0.5) is 0 Å². The van der Waals surface area contributed by atoms with Gasteiger partial charge < -0.3 is 10.2 Å². The Bertz CT molecular complexity index is 441. The Hall–Kier alpha value is -1.88. The molecule has 1 aromatic carbocycles. The summed E-state index contributed by atoms with van der Waals surface area (Å²) in [5.74, 6) is -2.08. The van der Waals surface area contributed by atoms with Gasteiger partial charge in [0.15, 0.2) is 0 Å². The van der Waals surface area contributed by atoms with E-state index in [0.29, 0.717) is 12.8 Å². The van der Waals surface area contributed by atoms with E-state index in [-0.39, 0.29) is 0 Å². The molecule has 0 unspecified atom stereocenters. The van der Waals surface area contributed by atoms with Crippen molar-refractivity contribution < 1.29 is 19.8 Å². The van der Waals surface area contributed by atoms with Crippen molar-refractivity contribution in [3.05, 3.63) is 35.4 Å². The summed E-state index contributed by atoms with van der Waals surface area (Å²) in [6.07, 6.45) is 0.951. The van der Waals surface area contributed by atoms with Gasteiger partial charge in [0.1, 0.15) is 12.1 Å². The zero-order chi connectivity index (χ0) is 14.4. The van der Waals surface area contributed by atoms with Crippen molar-refractivity contribution in [2.45, 2.75) is 38.8 Å². The van der Waals surface area contributed by atoms with Crippen LogP contribution in [0.1, 0.15) is 24.5 Å². The molecule has 0 aromatic heterocycles. The van der Waals surface area contributed by atoms with Crippen molar-refractivity contribution in [3.8, 4) is 0 Å². The van der Waals surface area contributed by atoms with Crippen LogP contribution in [0.25, 0.3) is 0 Å². The lowest BCUT2D eigenvalue weighted by atomic mass is 10.0. The van der Waals surface area contributed by atoms with Crippen molar-refractivity contribution in [3.63, 3.8) is 0 Å². The molecule has 104 valence electrons. The Balaban J connectivity index is 2.57. The molecule has 0 aliphatic rings. The van der Waals surface area contributed by atoms with Crippen LogP contribution in [-0.4, -0.2) is 34.2 Å². The molecule has 0 heterocycles. The molecule has 3 N–H and O–H groups in total. The summed E-state index contributed by atoms with van der Waals surface area (Å²) in [6.45, 7) is 3.42. The Morgan fingerprint density at radius 1 is 1.16 bits per heavy atom. The maximum absolute atomic E-state index is 11.1. The third kappa shape index (κ3) is 5.09. The summed E-state index contributed by atoms with van der Waals surface area (Å²) in [5, 5.41) is 20.4. The highest BCUT2D eigenvalue weighted by molar-refractivity contribution is 5.77. The number of benzene rings is 1. The van der Waals surface area contributed by atoms with E-state index in [4.69, 9.17) is 10.2 Å². The minimum Gasteiger partial charge on any atom is -0.480 e. The van der Waals surface area contributed by atoms with E-state index < -0.39 is 24.0 Å². The summed E-state index contributed by atoms with van der Waals surface area (Å²) in [5.41, 5.74) is 2.19. The standard InChI is InChI=1S/C14H19NO4/c1-9-3-5-11(6-4-9)7-8-12(14(18)19)15-10(2)13(16)17/h3-6,10,12,15H,7-8H2,1-2H3,(H,16,17)(H,18,19)/t10-,12+/m1/s1. The summed E-state index contributed by atoms with van der Waals surface area (Å²) >= 11 is 0. The highest BCUT2D eigenvalue weighted by atomic mass is 16.4. The van der Waals surface area contributed by atoms with Gasteiger partial charge in [-0.1, -0.05) is 29.8 Å². The van der Waals surface area contributed by atoms with E-state index in [0.717, 1.165) is 11.1 Å². The van der Waals surface area contributed by atoms with Crippen LogP contribution < -0.4 is 5.32 Å². The zero-order valence-electron chi connectivity index (χ0n) is 11.1. The van der Waals surface area contributed by atoms with Gasteiger partial charge in [-0.2, -0.15) is 0 Å². The van der Waals surface area contributed by atoms with Gasteiger partial charge in [-0.15, -0.1) is 0 Å². The van der Waals surface area contributed by atoms with E-state index in [9.17, 15) is 9.59 Å². The third-order valence-electron chi connectivity index (χ3n) is 2.96. The smallest absolute Gasteiger partial charge is 0.320 e. The maximum atomic E-state index is 11.1. The predicted molar refractivity (Wildman–Crippen MR) is 71.2 cm³/mol. The topological polar surface area (TPSA) is 86.6 Å². The van der Waals surface area contributed by atoms with E-state index in [1.165, 1.54) is 6.92 Å². The number of aliphatic carboxylic acids is 2. The highest BCUT2D eigenvalue weighted by Crippen LogP contribution is 2.08. The predicted octanol–water partition coefficient (Wildman–Crippen LogP) is 1.44. The molecule has 0 fully saturated rings. The molecular formula is C14H19NO4. The number of hydrogen-bond acceptors (Lipinski definition) is 3. The van der Waals surface area contributed by atoms with E-state index >= 15 is 0 Å². The first-order valence-corrected chi connectivity index (χ1v) is 6.17. The van der Waals surface area contributed by atoms with Gasteiger partial charge in [-0.05, 0) is 32.3 Å². The molecule has 0 saturated heterocycles. The van der Waals surface area contributed by atoms with E-state index in [1.807, 2.05) is 31.2 Å². The Morgan fingerprint density at radius 3 is 2.21 bits per heavy atom. The van der Waals surface area contributed by atoms with Gasteiger partial charge in [0.2, 0.25) is 0 Å². The number of nitrogens with one attached hydrogen (secondary N) is 1. The summed E-state index contributed by atoms with van der Waals surface area (Å²) in [4.78, 5) is 21.8. The van der Waals surface area contributed by atoms with Gasteiger partial charge >= 0.3 is 11.9 Å². The molecule has 19 heavy (non-hydrogen) atoms. The average molecular weight is 265 g/mol. The molecule has 0 radical (unpaired) electrons. The molecule has 1 aromatic rings. The van der Waals surface area contributed by atoms with Gasteiger partial charge in [0.25, 0.3) is 0 Å². The summed E-state index contributed by atoms with van der Waals surface area (Å²) < 4.78 is 0. The number of rotatable bonds is 7. The molecular weight excluding hydrogens is 246 g/mol. The number of aryl methyl sites for hydroxylation is 2. The monoisotopic (exact) mass is 265 g/mol. The maximum Gasteiger partial charge on any atom is 0.320 e. The van der Waals surface area contributed by atoms with Crippen molar-refractivity contribution in [1.82, 2.24) is 5.32 Å². The van der Waals surface area contributed by atoms with Crippen LogP contribution in [0.2, 0.25) is 0 Å². The lowest BCUT2D eigenvalue weighted by Crippen LogP contribution is -2.45. The molecule has 0 aliphatic carbocycles. The fraction of sp³-hybridized carbons (Fsp3) is 0.429. The summed E-state index contributed by atoms with van der Waals surface area (Å²) in [7, 11) is 0. The SMILES string of the molecule is Cc1ccc(CC[C@H](N[C@H](C)C(=O)O)C(=O)O)cc1. The van der Waals surface area contributed by atoms with Crippen molar-refractivity contribution >= 4 is 11.9 Å². The first-order valence-electron chi connectivity index (χ1n) is 6.17. The van der Waals surface area contributed by atoms with E-state index in [2.05, 4.69) is 5.32 Å². The lowest BCUT2D eigenvalue weighted by Gasteiger charge is -2.17. The second-order valence-corrected chi connectivity index (χ2v) is 4.64. The summed E-state index contributed by atoms with van der Waals surface area (Å²) in [6, 6.07) is 6.12. The Morgan fingerprint density at radius 2 is 1.74 bits per heavy atom. The van der Waals surface area contributed by atoms with Crippen molar-refractivity contribution in [1.29, 1.82) is 0 Å². The molecule has 0 bridgehead atoms. The van der Waals surface area contributed by atoms with Gasteiger partial charge in [0.05, 0.1) is 0 Å². The highest BCUT2D eigenvalue weighted by Gasteiger charge is 2.22. The van der Waals surface area contributed by atoms with Crippen molar-refractivity contribution in [2.75, 3.05) is 0 Å². The first kappa shape index (κ1) is 15.2. The van der Waals surface area contributed by atoms with Gasteiger partial charge in [0, 0.05) is 0 Å². The van der Waals surface area contributed by atoms with Crippen LogP contribution >= 0.6 is 0 Å². The van der Waals surface area contributed by atoms with Gasteiger partial charge in [-0.3, -0.25) is 14.9 Å². The molecule has 0 spiro atoms. The fourth-order valence-electron chi connectivity index (χ4n) is 1.72. The molecule has 2 atom stereocenters. The fourth-order valence-corrected chi connectivity index (χ4v) is 1.72. The second-order valence-electron chi connectivity index (χ2n) is 4.64. The molecule has 0 aliphatic heterocycles. The number of carboxylic acid groups (broad SMARTS) is 2. The number of carboxylic acids is 2. The normalized spacial score (nSPS) is 13.8.